The lowest BCUT2D eigenvalue weighted by atomic mass is 9.75. The smallest absolute Gasteiger partial charge is 0.385 e. The predicted molar refractivity (Wildman–Crippen MR) is 70.7 cm³/mol. The summed E-state index contributed by atoms with van der Waals surface area (Å²) in [6.07, 6.45) is -3.94. The van der Waals surface area contributed by atoms with Gasteiger partial charge in [-0.1, -0.05) is 18.2 Å². The second kappa shape index (κ2) is 4.97. The van der Waals surface area contributed by atoms with Crippen LogP contribution in [0.25, 0.3) is 0 Å². The molecule has 0 radical (unpaired) electrons. The lowest BCUT2D eigenvalue weighted by Gasteiger charge is -2.50. The van der Waals surface area contributed by atoms with Crippen LogP contribution in [0, 0.1) is 0 Å². The van der Waals surface area contributed by atoms with Crippen molar-refractivity contribution in [3.8, 4) is 0 Å². The van der Waals surface area contributed by atoms with Gasteiger partial charge in [-0.2, -0.15) is 13.2 Å². The van der Waals surface area contributed by atoms with Crippen molar-refractivity contribution in [1.29, 1.82) is 0 Å². The van der Waals surface area contributed by atoms with Gasteiger partial charge in [0.25, 0.3) is 0 Å². The summed E-state index contributed by atoms with van der Waals surface area (Å²) < 4.78 is 45.0. The molecule has 1 aromatic carbocycles. The molecule has 116 valence electrons. The Hall–Kier alpha value is -1.11. The highest BCUT2D eigenvalue weighted by Gasteiger charge is 2.48. The topological polar surface area (TPSA) is 32.7 Å². The largest absolute Gasteiger partial charge is 0.416 e. The minimum Gasteiger partial charge on any atom is -0.385 e. The van der Waals surface area contributed by atoms with Gasteiger partial charge in [0.05, 0.1) is 24.4 Å². The Labute approximate surface area is 121 Å². The zero-order chi connectivity index (χ0) is 15.3. The number of aliphatic hydroxyl groups is 1. The fraction of sp³-hybridized carbons (Fsp3) is 0.600. The fourth-order valence-corrected chi connectivity index (χ4v) is 3.50. The first-order chi connectivity index (χ1) is 9.81. The van der Waals surface area contributed by atoms with Gasteiger partial charge in [0, 0.05) is 12.1 Å². The molecule has 3 nitrogen and oxygen atoms in total. The van der Waals surface area contributed by atoms with Gasteiger partial charge in [0.15, 0.2) is 0 Å². The summed E-state index contributed by atoms with van der Waals surface area (Å²) in [4.78, 5) is 2.11. The summed E-state index contributed by atoms with van der Waals surface area (Å²) in [6.45, 7) is 0.896. The van der Waals surface area contributed by atoms with Crippen molar-refractivity contribution < 1.29 is 23.0 Å². The van der Waals surface area contributed by atoms with Gasteiger partial charge in [-0.25, -0.2) is 0 Å². The van der Waals surface area contributed by atoms with E-state index < -0.39 is 17.3 Å². The van der Waals surface area contributed by atoms with Crippen LogP contribution in [-0.4, -0.2) is 42.4 Å². The van der Waals surface area contributed by atoms with Crippen molar-refractivity contribution >= 4 is 0 Å². The maximum atomic E-state index is 13.2. The number of ether oxygens (including phenoxy) is 1. The number of rotatable bonds is 1. The molecule has 0 spiro atoms. The number of morpholine rings is 1. The van der Waals surface area contributed by atoms with E-state index in [1.165, 1.54) is 12.1 Å². The quantitative estimate of drug-likeness (QED) is 0.864. The van der Waals surface area contributed by atoms with Crippen LogP contribution in [-0.2, 0) is 16.5 Å². The number of piperidine rings is 1. The molecule has 0 amide bonds. The molecule has 2 atom stereocenters. The second-order valence-electron chi connectivity index (χ2n) is 5.99. The van der Waals surface area contributed by atoms with Crippen LogP contribution in [0.2, 0.25) is 0 Å². The summed E-state index contributed by atoms with van der Waals surface area (Å²) in [7, 11) is 1.94. The minimum absolute atomic E-state index is 0.0116. The van der Waals surface area contributed by atoms with Crippen molar-refractivity contribution in [2.75, 3.05) is 20.3 Å². The molecule has 0 aromatic heterocycles. The number of halogens is 3. The van der Waals surface area contributed by atoms with Gasteiger partial charge in [-0.05, 0) is 31.5 Å². The number of hydrogen-bond acceptors (Lipinski definition) is 3. The molecule has 21 heavy (non-hydrogen) atoms. The highest BCUT2D eigenvalue weighted by molar-refractivity contribution is 5.35. The zero-order valence-electron chi connectivity index (χ0n) is 11.7. The lowest BCUT2D eigenvalue weighted by Crippen LogP contribution is -2.59. The van der Waals surface area contributed by atoms with E-state index in [4.69, 9.17) is 4.74 Å². The standard InChI is InChI=1S/C15H18F3NO2/c1-19-10-6-14(20,7-11(19)9-21-8-10)12-4-2-3-5-13(12)15(16,17)18/h2-5,10-11,20H,6-9H2,1H3. The Morgan fingerprint density at radius 3 is 2.33 bits per heavy atom. The molecule has 6 heteroatoms. The highest BCUT2D eigenvalue weighted by atomic mass is 19.4. The van der Waals surface area contributed by atoms with Crippen molar-refractivity contribution in [3.63, 3.8) is 0 Å². The molecule has 2 heterocycles. The van der Waals surface area contributed by atoms with E-state index in [0.717, 1.165) is 6.07 Å². The van der Waals surface area contributed by atoms with Crippen LogP contribution in [0.3, 0.4) is 0 Å². The molecule has 2 unspecified atom stereocenters. The highest BCUT2D eigenvalue weighted by Crippen LogP contribution is 2.44. The zero-order valence-corrected chi connectivity index (χ0v) is 11.7. The normalized spacial score (nSPS) is 34.0. The van der Waals surface area contributed by atoms with E-state index in [9.17, 15) is 18.3 Å². The molecule has 2 aliphatic heterocycles. The lowest BCUT2D eigenvalue weighted by molar-refractivity contribution is -0.153. The third-order valence-corrected chi connectivity index (χ3v) is 4.65. The number of likely N-dealkylation sites (N-methyl/N-ethyl adjacent to an activating group) is 1. The molecule has 3 rings (SSSR count). The van der Waals surface area contributed by atoms with Crippen molar-refractivity contribution in [1.82, 2.24) is 4.90 Å². The first-order valence-corrected chi connectivity index (χ1v) is 7.00. The third-order valence-electron chi connectivity index (χ3n) is 4.65. The molecule has 1 aromatic rings. The van der Waals surface area contributed by atoms with Crippen molar-refractivity contribution in [2.45, 2.75) is 36.7 Å². The molecule has 0 saturated carbocycles. The number of hydrogen-bond donors (Lipinski definition) is 1. The Morgan fingerprint density at radius 1 is 1.19 bits per heavy atom. The Kier molecular flexibility index (Phi) is 3.50. The first kappa shape index (κ1) is 14.8. The molecule has 2 aliphatic rings. The van der Waals surface area contributed by atoms with E-state index in [2.05, 4.69) is 4.90 Å². The van der Waals surface area contributed by atoms with E-state index in [0.29, 0.717) is 13.2 Å². The van der Waals surface area contributed by atoms with E-state index in [1.807, 2.05) is 7.05 Å². The molecule has 1 N–H and O–H groups in total. The fourth-order valence-electron chi connectivity index (χ4n) is 3.50. The van der Waals surface area contributed by atoms with Crippen LogP contribution in [0.15, 0.2) is 24.3 Å². The van der Waals surface area contributed by atoms with Crippen LogP contribution >= 0.6 is 0 Å². The van der Waals surface area contributed by atoms with E-state index in [1.54, 1.807) is 6.07 Å². The maximum Gasteiger partial charge on any atom is 0.416 e. The summed E-state index contributed by atoms with van der Waals surface area (Å²) in [5.41, 5.74) is -2.20. The first-order valence-electron chi connectivity index (χ1n) is 7.00. The van der Waals surface area contributed by atoms with Crippen molar-refractivity contribution in [3.05, 3.63) is 35.4 Å². The van der Waals surface area contributed by atoms with Crippen molar-refractivity contribution in [2.24, 2.45) is 0 Å². The third kappa shape index (κ3) is 2.56. The summed E-state index contributed by atoms with van der Waals surface area (Å²) in [6, 6.07) is 5.23. The Morgan fingerprint density at radius 2 is 1.76 bits per heavy atom. The maximum absolute atomic E-state index is 13.2. The SMILES string of the molecule is CN1C2COCC1CC(O)(c1ccccc1C(F)(F)F)C2. The van der Waals surface area contributed by atoms with Crippen LogP contribution in [0.5, 0.6) is 0 Å². The van der Waals surface area contributed by atoms with Gasteiger partial charge in [0.2, 0.25) is 0 Å². The second-order valence-corrected chi connectivity index (χ2v) is 5.99. The number of alkyl halides is 3. The minimum atomic E-state index is -4.46. The molecular formula is C15H18F3NO2. The average Bonchev–Trinajstić information content (AvgIpc) is 2.40. The Bertz CT molecular complexity index is 518. The van der Waals surface area contributed by atoms with Gasteiger partial charge in [-0.15, -0.1) is 0 Å². The number of benzene rings is 1. The van der Waals surface area contributed by atoms with Crippen LogP contribution < -0.4 is 0 Å². The van der Waals surface area contributed by atoms with Gasteiger partial charge in [0.1, 0.15) is 0 Å². The van der Waals surface area contributed by atoms with Crippen LogP contribution in [0.4, 0.5) is 13.2 Å². The van der Waals surface area contributed by atoms with Crippen LogP contribution in [0.1, 0.15) is 24.0 Å². The number of fused-ring (bicyclic) bond motifs is 2. The summed E-state index contributed by atoms with van der Waals surface area (Å²) in [5, 5.41) is 10.9. The van der Waals surface area contributed by atoms with Gasteiger partial charge in [-0.3, -0.25) is 4.90 Å². The Balaban J connectivity index is 2.00. The summed E-state index contributed by atoms with van der Waals surface area (Å²) >= 11 is 0. The molecular weight excluding hydrogens is 283 g/mol. The van der Waals surface area contributed by atoms with Gasteiger partial charge >= 0.3 is 6.18 Å². The summed E-state index contributed by atoms with van der Waals surface area (Å²) in [5.74, 6) is 0. The average molecular weight is 301 g/mol. The van der Waals surface area contributed by atoms with E-state index >= 15 is 0 Å². The molecule has 2 saturated heterocycles. The van der Waals surface area contributed by atoms with E-state index in [-0.39, 0.29) is 30.5 Å². The molecule has 2 bridgehead atoms. The monoisotopic (exact) mass is 301 g/mol. The van der Waals surface area contributed by atoms with Gasteiger partial charge < -0.3 is 9.84 Å². The molecule has 0 aliphatic carbocycles. The number of nitrogens with zero attached hydrogens (tertiary/aromatic N) is 1. The molecule has 2 fully saturated rings. The predicted octanol–water partition coefficient (Wildman–Crippen LogP) is 2.39.